The molecule has 2 N–H and O–H groups in total. The van der Waals surface area contributed by atoms with E-state index >= 15 is 0 Å². The minimum atomic E-state index is -4.38. The number of alkyl halides is 3. The summed E-state index contributed by atoms with van der Waals surface area (Å²) in [6.45, 7) is -1.29. The van der Waals surface area contributed by atoms with Crippen LogP contribution in [0.15, 0.2) is 18.2 Å². The lowest BCUT2D eigenvalue weighted by Crippen LogP contribution is -2.20. The number of halogens is 5. The van der Waals surface area contributed by atoms with Crippen LogP contribution in [-0.2, 0) is 6.54 Å². The quantitative estimate of drug-likeness (QED) is 0.920. The van der Waals surface area contributed by atoms with Crippen molar-refractivity contribution in [2.45, 2.75) is 12.7 Å². The molecule has 92 valence electrons. The second-order valence-corrected chi connectivity index (χ2v) is 3.24. The third kappa shape index (κ3) is 4.47. The fraction of sp³-hybridized carbons (Fsp3) is 0.333. The van der Waals surface area contributed by atoms with Gasteiger partial charge in [0.05, 0.1) is 5.02 Å². The van der Waals surface area contributed by atoms with E-state index in [4.69, 9.17) is 17.3 Å². The molecular weight excluding hydrogens is 266 g/mol. The third-order valence-electron chi connectivity index (χ3n) is 1.65. The molecule has 0 bridgehead atoms. The third-order valence-corrected chi connectivity index (χ3v) is 1.95. The molecule has 0 aromatic heterocycles. The zero-order valence-electron chi connectivity index (χ0n) is 8.05. The Morgan fingerprint density at radius 2 is 1.94 bits per heavy atom. The van der Waals surface area contributed by atoms with Crippen molar-refractivity contribution >= 4 is 24.0 Å². The summed E-state index contributed by atoms with van der Waals surface area (Å²) >= 11 is 5.69. The highest BCUT2D eigenvalue weighted by Gasteiger charge is 2.29. The fourth-order valence-electron chi connectivity index (χ4n) is 1.03. The molecule has 0 aliphatic rings. The van der Waals surface area contributed by atoms with Gasteiger partial charge in [0.25, 0.3) is 0 Å². The Labute approximate surface area is 102 Å². The normalized spacial score (nSPS) is 10.8. The smallest absolute Gasteiger partial charge is 0.422 e. The summed E-state index contributed by atoms with van der Waals surface area (Å²) in [5.41, 5.74) is 5.79. The molecule has 7 heteroatoms. The Hall–Kier alpha value is -0.650. The first-order valence-electron chi connectivity index (χ1n) is 4.11. The second-order valence-electron chi connectivity index (χ2n) is 2.84. The molecule has 0 fully saturated rings. The highest BCUT2D eigenvalue weighted by molar-refractivity contribution is 6.32. The fourth-order valence-corrected chi connectivity index (χ4v) is 1.28. The average Bonchev–Trinajstić information content (AvgIpc) is 2.14. The summed E-state index contributed by atoms with van der Waals surface area (Å²) in [4.78, 5) is 0. The van der Waals surface area contributed by atoms with E-state index in [0.29, 0.717) is 5.56 Å². The number of hydrogen-bond acceptors (Lipinski definition) is 2. The molecule has 1 rings (SSSR count). The van der Waals surface area contributed by atoms with Crippen molar-refractivity contribution < 1.29 is 17.9 Å². The second kappa shape index (κ2) is 6.18. The Morgan fingerprint density at radius 3 is 2.44 bits per heavy atom. The Kier molecular flexibility index (Phi) is 5.92. The maximum Gasteiger partial charge on any atom is 0.422 e. The first-order valence-corrected chi connectivity index (χ1v) is 4.49. The van der Waals surface area contributed by atoms with Crippen molar-refractivity contribution in [3.63, 3.8) is 0 Å². The summed E-state index contributed by atoms with van der Waals surface area (Å²) in [5, 5.41) is 0.127. The van der Waals surface area contributed by atoms with Gasteiger partial charge in [-0.25, -0.2) is 0 Å². The van der Waals surface area contributed by atoms with E-state index in [1.54, 1.807) is 12.1 Å². The number of hydrogen-bond donors (Lipinski definition) is 1. The van der Waals surface area contributed by atoms with Gasteiger partial charge in [0.1, 0.15) is 5.75 Å². The average molecular weight is 276 g/mol. The summed E-state index contributed by atoms with van der Waals surface area (Å²) in [6, 6.07) is 4.62. The van der Waals surface area contributed by atoms with E-state index in [1.807, 2.05) is 0 Å². The summed E-state index contributed by atoms with van der Waals surface area (Å²) in [5.74, 6) is -0.000934. The number of ether oxygens (including phenoxy) is 1. The van der Waals surface area contributed by atoms with Gasteiger partial charge in [0.15, 0.2) is 6.61 Å². The molecule has 0 spiro atoms. The van der Waals surface area contributed by atoms with Gasteiger partial charge in [-0.15, -0.1) is 12.4 Å². The molecule has 0 unspecified atom stereocenters. The van der Waals surface area contributed by atoms with Gasteiger partial charge in [0, 0.05) is 12.1 Å². The van der Waals surface area contributed by atoms with Crippen LogP contribution in [0.3, 0.4) is 0 Å². The number of para-hydroxylation sites is 1. The van der Waals surface area contributed by atoms with Crippen molar-refractivity contribution in [3.05, 3.63) is 28.8 Å². The molecule has 0 heterocycles. The number of nitrogens with two attached hydrogens (primary N) is 1. The predicted molar refractivity (Wildman–Crippen MR) is 58.1 cm³/mol. The van der Waals surface area contributed by atoms with E-state index in [9.17, 15) is 13.2 Å². The molecule has 0 radical (unpaired) electrons. The topological polar surface area (TPSA) is 35.2 Å². The lowest BCUT2D eigenvalue weighted by molar-refractivity contribution is -0.153. The largest absolute Gasteiger partial charge is 0.482 e. The van der Waals surface area contributed by atoms with Crippen LogP contribution in [0, 0.1) is 0 Å². The molecule has 0 saturated heterocycles. The van der Waals surface area contributed by atoms with Gasteiger partial charge in [-0.1, -0.05) is 23.7 Å². The lowest BCUT2D eigenvalue weighted by Gasteiger charge is -2.13. The molecule has 0 aliphatic carbocycles. The summed E-state index contributed by atoms with van der Waals surface area (Å²) in [6.07, 6.45) is -4.38. The first kappa shape index (κ1) is 15.3. The predicted octanol–water partition coefficient (Wildman–Crippen LogP) is 3.16. The van der Waals surface area contributed by atoms with Crippen molar-refractivity contribution in [1.29, 1.82) is 0 Å². The molecule has 1 aromatic carbocycles. The van der Waals surface area contributed by atoms with E-state index in [2.05, 4.69) is 4.74 Å². The standard InChI is InChI=1S/C9H9ClF3NO.ClH/c10-7-3-1-2-6(4-14)8(7)15-5-9(11,12)13;/h1-3H,4-5,14H2;1H. The molecule has 16 heavy (non-hydrogen) atoms. The highest BCUT2D eigenvalue weighted by atomic mass is 35.5. The Morgan fingerprint density at radius 1 is 1.31 bits per heavy atom. The molecule has 0 atom stereocenters. The van der Waals surface area contributed by atoms with Crippen molar-refractivity contribution in [2.75, 3.05) is 6.61 Å². The SMILES string of the molecule is Cl.NCc1cccc(Cl)c1OCC(F)(F)F. The van der Waals surface area contributed by atoms with Crippen molar-refractivity contribution in [2.24, 2.45) is 5.73 Å². The van der Waals surface area contributed by atoms with E-state index in [0.717, 1.165) is 0 Å². The number of benzene rings is 1. The van der Waals surface area contributed by atoms with Crippen LogP contribution in [0.25, 0.3) is 0 Å². The van der Waals surface area contributed by atoms with Crippen LogP contribution in [0.4, 0.5) is 13.2 Å². The van der Waals surface area contributed by atoms with Gasteiger partial charge in [-0.2, -0.15) is 13.2 Å². The molecule has 0 saturated carbocycles. The highest BCUT2D eigenvalue weighted by Crippen LogP contribution is 2.29. The maximum atomic E-state index is 11.9. The zero-order chi connectivity index (χ0) is 11.5. The molecular formula is C9H10Cl2F3NO. The zero-order valence-corrected chi connectivity index (χ0v) is 9.62. The molecule has 1 aromatic rings. The molecule has 0 amide bonds. The van der Waals surface area contributed by atoms with Crippen LogP contribution >= 0.6 is 24.0 Å². The van der Waals surface area contributed by atoms with E-state index in [1.165, 1.54) is 6.07 Å². The van der Waals surface area contributed by atoms with Crippen molar-refractivity contribution in [1.82, 2.24) is 0 Å². The van der Waals surface area contributed by atoms with Crippen molar-refractivity contribution in [3.8, 4) is 5.75 Å². The lowest BCUT2D eigenvalue weighted by atomic mass is 10.2. The van der Waals surface area contributed by atoms with Crippen LogP contribution in [0.5, 0.6) is 5.75 Å². The van der Waals surface area contributed by atoms with Gasteiger partial charge in [-0.3, -0.25) is 0 Å². The molecule has 0 aliphatic heterocycles. The summed E-state index contributed by atoms with van der Waals surface area (Å²) < 4.78 is 40.3. The van der Waals surface area contributed by atoms with E-state index < -0.39 is 12.8 Å². The summed E-state index contributed by atoms with van der Waals surface area (Å²) in [7, 11) is 0. The van der Waals surface area contributed by atoms with Crippen LogP contribution in [0.1, 0.15) is 5.56 Å². The first-order chi connectivity index (χ1) is 6.94. The monoisotopic (exact) mass is 275 g/mol. The van der Waals surface area contributed by atoms with Gasteiger partial charge in [0.2, 0.25) is 0 Å². The Bertz CT molecular complexity index is 344. The van der Waals surface area contributed by atoms with E-state index in [-0.39, 0.29) is 29.7 Å². The molecule has 2 nitrogen and oxygen atoms in total. The van der Waals surface area contributed by atoms with Crippen LogP contribution < -0.4 is 10.5 Å². The number of rotatable bonds is 3. The van der Waals surface area contributed by atoms with Crippen LogP contribution in [-0.4, -0.2) is 12.8 Å². The van der Waals surface area contributed by atoms with Gasteiger partial charge in [-0.05, 0) is 6.07 Å². The van der Waals surface area contributed by atoms with Gasteiger partial charge < -0.3 is 10.5 Å². The van der Waals surface area contributed by atoms with Crippen LogP contribution in [0.2, 0.25) is 5.02 Å². The minimum Gasteiger partial charge on any atom is -0.482 e. The maximum absolute atomic E-state index is 11.9. The minimum absolute atomic E-state index is 0. The van der Waals surface area contributed by atoms with Gasteiger partial charge >= 0.3 is 6.18 Å². The Balaban J connectivity index is 0.00000225.